The summed E-state index contributed by atoms with van der Waals surface area (Å²) in [7, 11) is 0. The molecule has 0 saturated heterocycles. The van der Waals surface area contributed by atoms with E-state index in [9.17, 15) is 14.4 Å². The van der Waals surface area contributed by atoms with Crippen molar-refractivity contribution < 1.29 is 19.5 Å². The first-order valence-electron chi connectivity index (χ1n) is 13.6. The first-order chi connectivity index (χ1) is 19.4. The first-order valence-corrected chi connectivity index (χ1v) is 13.6. The Bertz CT molecular complexity index is 1550. The van der Waals surface area contributed by atoms with Gasteiger partial charge in [-0.05, 0) is 67.8 Å². The maximum absolute atomic E-state index is 13.1. The van der Waals surface area contributed by atoms with Gasteiger partial charge in [0.1, 0.15) is 6.04 Å². The van der Waals surface area contributed by atoms with E-state index >= 15 is 0 Å². The van der Waals surface area contributed by atoms with Gasteiger partial charge in [0.2, 0.25) is 5.91 Å². The molecule has 3 N–H and O–H groups in total. The van der Waals surface area contributed by atoms with Crippen molar-refractivity contribution in [3.05, 3.63) is 95.7 Å². The van der Waals surface area contributed by atoms with Crippen molar-refractivity contribution in [1.82, 2.24) is 15.1 Å². The third-order valence-corrected chi connectivity index (χ3v) is 7.30. The van der Waals surface area contributed by atoms with Crippen molar-refractivity contribution in [2.24, 2.45) is 0 Å². The van der Waals surface area contributed by atoms with Crippen molar-refractivity contribution in [1.29, 1.82) is 0 Å². The smallest absolute Gasteiger partial charge is 0.328 e. The Morgan fingerprint density at radius 3 is 2.40 bits per heavy atom. The van der Waals surface area contributed by atoms with Gasteiger partial charge in [-0.15, -0.1) is 0 Å². The summed E-state index contributed by atoms with van der Waals surface area (Å²) in [5.74, 6) is -1.33. The summed E-state index contributed by atoms with van der Waals surface area (Å²) >= 11 is 0. The fraction of sp³-hybridized carbons (Fsp3) is 0.250. The Balaban J connectivity index is 1.31. The predicted octanol–water partition coefficient (Wildman–Crippen LogP) is 5.93. The molecule has 0 radical (unpaired) electrons. The first kappa shape index (κ1) is 26.9. The lowest BCUT2D eigenvalue weighted by atomic mass is 9.85. The second kappa shape index (κ2) is 12.0. The summed E-state index contributed by atoms with van der Waals surface area (Å²) < 4.78 is 2.03. The fourth-order valence-electron chi connectivity index (χ4n) is 5.22. The van der Waals surface area contributed by atoms with Crippen LogP contribution in [0.3, 0.4) is 0 Å². The molecule has 0 aliphatic heterocycles. The summed E-state index contributed by atoms with van der Waals surface area (Å²) in [6.07, 6.45) is 8.45. The molecule has 1 heterocycles. The maximum Gasteiger partial charge on any atom is 0.328 e. The summed E-state index contributed by atoms with van der Waals surface area (Å²) in [6, 6.07) is 21.6. The van der Waals surface area contributed by atoms with Crippen molar-refractivity contribution in [3.63, 3.8) is 0 Å². The van der Waals surface area contributed by atoms with Crippen LogP contribution in [0.2, 0.25) is 0 Å². The minimum atomic E-state index is -1.03. The van der Waals surface area contributed by atoms with Crippen LogP contribution < -0.4 is 10.6 Å². The van der Waals surface area contributed by atoms with Gasteiger partial charge < -0.3 is 15.7 Å². The molecule has 0 spiro atoms. The van der Waals surface area contributed by atoms with Crippen LogP contribution in [0.1, 0.15) is 66.6 Å². The SMILES string of the molecule is C[C@H](NC(=O)c1ccc2c(C3CCCCC3)n(-c3ccccc3)nc2c1)C(=O)Nc1ccc(/C=C/C(=O)O)cc1. The number of aliphatic carboxylic acids is 1. The van der Waals surface area contributed by atoms with Crippen LogP contribution in [-0.2, 0) is 9.59 Å². The molecule has 1 atom stereocenters. The van der Waals surface area contributed by atoms with E-state index in [1.165, 1.54) is 31.0 Å². The van der Waals surface area contributed by atoms with Crippen LogP contribution >= 0.6 is 0 Å². The monoisotopic (exact) mass is 536 g/mol. The number of hydrogen-bond acceptors (Lipinski definition) is 4. The number of para-hydroxylation sites is 1. The van der Waals surface area contributed by atoms with Crippen molar-refractivity contribution in [2.75, 3.05) is 5.32 Å². The van der Waals surface area contributed by atoms with E-state index in [1.54, 1.807) is 43.3 Å². The predicted molar refractivity (Wildman–Crippen MR) is 156 cm³/mol. The third-order valence-electron chi connectivity index (χ3n) is 7.30. The molecular weight excluding hydrogens is 504 g/mol. The molecule has 204 valence electrons. The average Bonchev–Trinajstić information content (AvgIpc) is 3.36. The summed E-state index contributed by atoms with van der Waals surface area (Å²) in [5.41, 5.74) is 4.63. The Kier molecular flexibility index (Phi) is 8.05. The quantitative estimate of drug-likeness (QED) is 0.242. The number of anilines is 1. The van der Waals surface area contributed by atoms with Gasteiger partial charge >= 0.3 is 5.97 Å². The van der Waals surface area contributed by atoms with Gasteiger partial charge in [0.25, 0.3) is 5.91 Å². The normalized spacial score (nSPS) is 14.7. The van der Waals surface area contributed by atoms with Gasteiger partial charge in [0.15, 0.2) is 0 Å². The van der Waals surface area contributed by atoms with E-state index in [0.29, 0.717) is 22.7 Å². The lowest BCUT2D eigenvalue weighted by Gasteiger charge is -2.23. The highest BCUT2D eigenvalue weighted by Gasteiger charge is 2.25. The highest BCUT2D eigenvalue weighted by atomic mass is 16.4. The molecule has 1 saturated carbocycles. The molecule has 3 aromatic carbocycles. The number of hydrogen-bond donors (Lipinski definition) is 3. The second-order valence-electron chi connectivity index (χ2n) is 10.2. The number of nitrogens with one attached hydrogen (secondary N) is 2. The van der Waals surface area contributed by atoms with Crippen molar-refractivity contribution in [3.8, 4) is 5.69 Å². The molecule has 1 aliphatic carbocycles. The zero-order chi connectivity index (χ0) is 28.1. The van der Waals surface area contributed by atoms with E-state index in [1.807, 2.05) is 41.1 Å². The summed E-state index contributed by atoms with van der Waals surface area (Å²) in [4.78, 5) is 36.5. The van der Waals surface area contributed by atoms with Crippen LogP contribution in [0, 0.1) is 0 Å². The molecule has 4 aromatic rings. The van der Waals surface area contributed by atoms with Gasteiger partial charge in [-0.1, -0.05) is 55.7 Å². The van der Waals surface area contributed by atoms with Gasteiger partial charge in [-0.25, -0.2) is 9.48 Å². The van der Waals surface area contributed by atoms with Crippen LogP contribution in [0.15, 0.2) is 78.9 Å². The van der Waals surface area contributed by atoms with E-state index in [0.717, 1.165) is 35.5 Å². The number of carboxylic acids is 1. The van der Waals surface area contributed by atoms with Crippen LogP contribution in [0.4, 0.5) is 5.69 Å². The van der Waals surface area contributed by atoms with Gasteiger partial charge in [0.05, 0.1) is 16.9 Å². The van der Waals surface area contributed by atoms with Gasteiger partial charge in [0, 0.05) is 28.6 Å². The number of carbonyl (C=O) groups excluding carboxylic acids is 2. The van der Waals surface area contributed by atoms with E-state index in [-0.39, 0.29) is 11.8 Å². The fourth-order valence-corrected chi connectivity index (χ4v) is 5.22. The lowest BCUT2D eigenvalue weighted by Crippen LogP contribution is -2.41. The topological polar surface area (TPSA) is 113 Å². The average molecular weight is 537 g/mol. The third kappa shape index (κ3) is 6.12. The molecule has 1 fully saturated rings. The van der Waals surface area contributed by atoms with E-state index < -0.39 is 12.0 Å². The Hall–Kier alpha value is -4.72. The minimum Gasteiger partial charge on any atom is -0.478 e. The largest absolute Gasteiger partial charge is 0.478 e. The molecule has 2 amide bonds. The van der Waals surface area contributed by atoms with Crippen LogP contribution in [0.5, 0.6) is 0 Å². The number of fused-ring (bicyclic) bond motifs is 1. The second-order valence-corrected chi connectivity index (χ2v) is 10.2. The molecule has 0 unspecified atom stereocenters. The van der Waals surface area contributed by atoms with Crippen LogP contribution in [0.25, 0.3) is 22.7 Å². The zero-order valence-corrected chi connectivity index (χ0v) is 22.3. The number of carboxylic acid groups (broad SMARTS) is 1. The number of carbonyl (C=O) groups is 3. The number of nitrogens with zero attached hydrogens (tertiary/aromatic N) is 2. The molecule has 40 heavy (non-hydrogen) atoms. The Morgan fingerprint density at radius 1 is 0.975 bits per heavy atom. The number of aromatic nitrogens is 2. The minimum absolute atomic E-state index is 0.354. The standard InChI is InChI=1S/C32H32N4O4/c1-21(31(39)34-25-16-12-22(13-17-25)14-19-29(37)38)33-32(40)24-15-18-27-28(20-24)35-36(26-10-6-3-7-11-26)30(27)23-8-4-2-5-9-23/h3,6-7,10-21,23H,2,4-5,8-9H2,1H3,(H,33,40)(H,34,39)(H,37,38)/b19-14+/t21-/m0/s1. The Labute approximate surface area is 232 Å². The van der Waals surface area contributed by atoms with Crippen molar-refractivity contribution in [2.45, 2.75) is 51.0 Å². The molecular formula is C32H32N4O4. The highest BCUT2D eigenvalue weighted by molar-refractivity contribution is 6.02. The molecule has 1 aromatic heterocycles. The summed E-state index contributed by atoms with van der Waals surface area (Å²) in [5, 5.41) is 20.3. The molecule has 8 nitrogen and oxygen atoms in total. The van der Waals surface area contributed by atoms with Gasteiger partial charge in [-0.3, -0.25) is 9.59 Å². The lowest BCUT2D eigenvalue weighted by molar-refractivity contribution is -0.131. The molecule has 0 bridgehead atoms. The molecule has 5 rings (SSSR count). The van der Waals surface area contributed by atoms with Crippen molar-refractivity contribution >= 4 is 40.4 Å². The highest BCUT2D eigenvalue weighted by Crippen LogP contribution is 2.38. The summed E-state index contributed by atoms with van der Waals surface area (Å²) in [6.45, 7) is 1.63. The number of rotatable bonds is 8. The van der Waals surface area contributed by atoms with Gasteiger partial charge in [-0.2, -0.15) is 5.10 Å². The molecule has 8 heteroatoms. The maximum atomic E-state index is 13.1. The molecule has 1 aliphatic rings. The van der Waals surface area contributed by atoms with E-state index in [2.05, 4.69) is 10.6 Å². The Morgan fingerprint density at radius 2 is 1.70 bits per heavy atom. The van der Waals surface area contributed by atoms with E-state index in [4.69, 9.17) is 10.2 Å². The van der Waals surface area contributed by atoms with Crippen LogP contribution in [-0.4, -0.2) is 38.7 Å². The number of amides is 2. The number of benzene rings is 3. The zero-order valence-electron chi connectivity index (χ0n) is 22.3.